The van der Waals surface area contributed by atoms with Crippen molar-refractivity contribution in [2.75, 3.05) is 0 Å². The van der Waals surface area contributed by atoms with Crippen molar-refractivity contribution in [3.63, 3.8) is 0 Å². The van der Waals surface area contributed by atoms with Crippen LogP contribution in [0.1, 0.15) is 18.2 Å². The van der Waals surface area contributed by atoms with E-state index >= 15 is 4.39 Å². The Bertz CT molecular complexity index is 1210. The van der Waals surface area contributed by atoms with E-state index in [1.807, 2.05) is 0 Å². The lowest BCUT2D eigenvalue weighted by Gasteiger charge is -2.38. The summed E-state index contributed by atoms with van der Waals surface area (Å²) in [5.41, 5.74) is -4.71. The molecule has 0 fully saturated rings. The summed E-state index contributed by atoms with van der Waals surface area (Å²) in [5, 5.41) is 22.4. The molecular weight excluding hydrogens is 426 g/mol. The Morgan fingerprint density at radius 3 is 2.22 bits per heavy atom. The SMILES string of the molecule is CC(F)(c1ccc(-c2ccc(F)cc2)cn1)C(O)(Cn1ncnn1)c1ccc(F)cc1F. The van der Waals surface area contributed by atoms with Gasteiger partial charge in [-0.05, 0) is 42.0 Å². The number of halogens is 4. The molecule has 2 aromatic heterocycles. The maximum atomic E-state index is 16.3. The van der Waals surface area contributed by atoms with Gasteiger partial charge in [0.15, 0.2) is 17.6 Å². The largest absolute Gasteiger partial charge is 0.379 e. The van der Waals surface area contributed by atoms with E-state index in [9.17, 15) is 18.3 Å². The minimum absolute atomic E-state index is 0.213. The molecule has 164 valence electrons. The molecule has 0 bridgehead atoms. The molecule has 4 aromatic rings. The Labute approximate surface area is 180 Å². The maximum absolute atomic E-state index is 16.3. The van der Waals surface area contributed by atoms with Gasteiger partial charge in [-0.15, -0.1) is 10.2 Å². The lowest BCUT2D eigenvalue weighted by Crippen LogP contribution is -2.49. The van der Waals surface area contributed by atoms with Gasteiger partial charge in [-0.25, -0.2) is 17.6 Å². The van der Waals surface area contributed by atoms with Crippen molar-refractivity contribution in [3.8, 4) is 11.1 Å². The summed E-state index contributed by atoms with van der Waals surface area (Å²) in [4.78, 5) is 5.02. The second-order valence-electron chi connectivity index (χ2n) is 7.39. The summed E-state index contributed by atoms with van der Waals surface area (Å²) in [5.74, 6) is -2.42. The van der Waals surface area contributed by atoms with Crippen LogP contribution in [0.25, 0.3) is 11.1 Å². The first-order chi connectivity index (χ1) is 15.2. The predicted octanol–water partition coefficient (Wildman–Crippen LogP) is 3.93. The molecule has 6 nitrogen and oxygen atoms in total. The maximum Gasteiger partial charge on any atom is 0.184 e. The molecule has 0 aliphatic carbocycles. The number of tetrazole rings is 1. The van der Waals surface area contributed by atoms with E-state index in [2.05, 4.69) is 20.4 Å². The van der Waals surface area contributed by atoms with Gasteiger partial charge in [0.05, 0.1) is 12.2 Å². The quantitative estimate of drug-likeness (QED) is 0.457. The summed E-state index contributed by atoms with van der Waals surface area (Å²) in [7, 11) is 0. The van der Waals surface area contributed by atoms with Crippen LogP contribution in [0.4, 0.5) is 17.6 Å². The molecule has 0 saturated heterocycles. The smallest absolute Gasteiger partial charge is 0.184 e. The zero-order valence-corrected chi connectivity index (χ0v) is 16.8. The van der Waals surface area contributed by atoms with Crippen molar-refractivity contribution in [2.45, 2.75) is 24.7 Å². The first kappa shape index (κ1) is 21.6. The van der Waals surface area contributed by atoms with E-state index in [-0.39, 0.29) is 5.69 Å². The summed E-state index contributed by atoms with van der Waals surface area (Å²) >= 11 is 0. The highest BCUT2D eigenvalue weighted by Gasteiger charge is 2.53. The average molecular weight is 443 g/mol. The normalized spacial score (nSPS) is 15.2. The van der Waals surface area contributed by atoms with Crippen molar-refractivity contribution in [3.05, 3.63) is 95.8 Å². The van der Waals surface area contributed by atoms with Gasteiger partial charge in [-0.3, -0.25) is 4.98 Å². The van der Waals surface area contributed by atoms with Gasteiger partial charge in [0, 0.05) is 23.4 Å². The molecule has 0 saturated carbocycles. The van der Waals surface area contributed by atoms with Crippen LogP contribution in [0, 0.1) is 17.5 Å². The lowest BCUT2D eigenvalue weighted by molar-refractivity contribution is -0.125. The Balaban J connectivity index is 1.78. The van der Waals surface area contributed by atoms with Gasteiger partial charge < -0.3 is 5.11 Å². The number of aliphatic hydroxyl groups is 1. The highest BCUT2D eigenvalue weighted by atomic mass is 19.1. The minimum Gasteiger partial charge on any atom is -0.379 e. The van der Waals surface area contributed by atoms with Crippen LogP contribution < -0.4 is 0 Å². The van der Waals surface area contributed by atoms with Gasteiger partial charge in [-0.2, -0.15) is 4.80 Å². The monoisotopic (exact) mass is 443 g/mol. The first-order valence-electron chi connectivity index (χ1n) is 9.51. The van der Waals surface area contributed by atoms with Crippen LogP contribution in [0.5, 0.6) is 0 Å². The molecule has 2 unspecified atom stereocenters. The zero-order chi connectivity index (χ0) is 22.9. The Morgan fingerprint density at radius 1 is 0.938 bits per heavy atom. The highest BCUT2D eigenvalue weighted by molar-refractivity contribution is 5.62. The van der Waals surface area contributed by atoms with E-state index < -0.39 is 40.8 Å². The third kappa shape index (κ3) is 3.84. The van der Waals surface area contributed by atoms with Gasteiger partial charge in [-0.1, -0.05) is 24.3 Å². The van der Waals surface area contributed by atoms with Crippen LogP contribution >= 0.6 is 0 Å². The summed E-state index contributed by atoms with van der Waals surface area (Å²) in [6, 6.07) is 11.0. The number of rotatable bonds is 6. The fraction of sp³-hybridized carbons (Fsp3) is 0.182. The second-order valence-corrected chi connectivity index (χ2v) is 7.39. The van der Waals surface area contributed by atoms with Crippen LogP contribution in [0.2, 0.25) is 0 Å². The van der Waals surface area contributed by atoms with Crippen LogP contribution in [-0.4, -0.2) is 30.3 Å². The van der Waals surface area contributed by atoms with E-state index in [1.165, 1.54) is 24.4 Å². The fourth-order valence-corrected chi connectivity index (χ4v) is 3.47. The van der Waals surface area contributed by atoms with E-state index in [4.69, 9.17) is 0 Å². The van der Waals surface area contributed by atoms with Crippen molar-refractivity contribution >= 4 is 0 Å². The van der Waals surface area contributed by atoms with Crippen LogP contribution in [0.15, 0.2) is 67.1 Å². The molecule has 4 rings (SSSR count). The molecular formula is C22H17F4N5O. The summed E-state index contributed by atoms with van der Waals surface area (Å²) < 4.78 is 57.6. The number of pyridine rings is 1. The number of nitrogens with zero attached hydrogens (tertiary/aromatic N) is 5. The summed E-state index contributed by atoms with van der Waals surface area (Å²) in [6.07, 6.45) is 2.43. The van der Waals surface area contributed by atoms with E-state index in [0.717, 1.165) is 30.2 Å². The third-order valence-electron chi connectivity index (χ3n) is 5.34. The standard InChI is InChI=1S/C22H17F4N5O/c1-21(26,20-9-4-15(11-27-20)14-2-5-16(23)6-3-14)22(32,12-31-29-13-28-30-31)18-8-7-17(24)10-19(18)25/h2-11,13,32H,12H2,1H3. The molecule has 0 aliphatic heterocycles. The van der Waals surface area contributed by atoms with Crippen molar-refractivity contribution < 1.29 is 22.7 Å². The Morgan fingerprint density at radius 2 is 1.62 bits per heavy atom. The number of aromatic nitrogens is 5. The minimum atomic E-state index is -2.67. The Kier molecular flexibility index (Phi) is 5.47. The molecule has 2 atom stereocenters. The number of hydrogen-bond donors (Lipinski definition) is 1. The lowest BCUT2D eigenvalue weighted by atomic mass is 9.77. The first-order valence-corrected chi connectivity index (χ1v) is 9.51. The average Bonchev–Trinajstić information content (AvgIpc) is 3.27. The van der Waals surface area contributed by atoms with Crippen LogP contribution in [-0.2, 0) is 17.8 Å². The second kappa shape index (κ2) is 8.12. The Hall–Kier alpha value is -3.66. The van der Waals surface area contributed by atoms with Gasteiger partial charge in [0.2, 0.25) is 0 Å². The third-order valence-corrected chi connectivity index (χ3v) is 5.34. The molecule has 32 heavy (non-hydrogen) atoms. The van der Waals surface area contributed by atoms with Crippen molar-refractivity contribution in [1.29, 1.82) is 0 Å². The molecule has 1 N–H and O–H groups in total. The molecule has 0 spiro atoms. The van der Waals surface area contributed by atoms with E-state index in [0.29, 0.717) is 17.2 Å². The molecule has 2 heterocycles. The predicted molar refractivity (Wildman–Crippen MR) is 106 cm³/mol. The molecule has 0 radical (unpaired) electrons. The van der Waals surface area contributed by atoms with Crippen LogP contribution in [0.3, 0.4) is 0 Å². The van der Waals surface area contributed by atoms with E-state index in [1.54, 1.807) is 18.2 Å². The van der Waals surface area contributed by atoms with Crippen molar-refractivity contribution in [2.24, 2.45) is 0 Å². The molecule has 10 heteroatoms. The summed E-state index contributed by atoms with van der Waals surface area (Å²) in [6.45, 7) is 0.413. The molecule has 0 amide bonds. The topological polar surface area (TPSA) is 76.7 Å². The molecule has 0 aliphatic rings. The van der Waals surface area contributed by atoms with Crippen molar-refractivity contribution in [1.82, 2.24) is 25.2 Å². The number of alkyl halides is 1. The van der Waals surface area contributed by atoms with Gasteiger partial charge in [0.25, 0.3) is 0 Å². The fourth-order valence-electron chi connectivity index (χ4n) is 3.47. The van der Waals surface area contributed by atoms with Gasteiger partial charge >= 0.3 is 0 Å². The highest BCUT2D eigenvalue weighted by Crippen LogP contribution is 2.45. The zero-order valence-electron chi connectivity index (χ0n) is 16.8. The number of benzene rings is 2. The van der Waals surface area contributed by atoms with Gasteiger partial charge in [0.1, 0.15) is 17.5 Å². The number of hydrogen-bond acceptors (Lipinski definition) is 5. The molecule has 2 aromatic carbocycles.